The minimum absolute atomic E-state index is 0.104. The van der Waals surface area contributed by atoms with E-state index in [0.29, 0.717) is 11.4 Å². The van der Waals surface area contributed by atoms with Gasteiger partial charge in [0.1, 0.15) is 5.82 Å². The van der Waals surface area contributed by atoms with Gasteiger partial charge in [-0.25, -0.2) is 4.39 Å². The van der Waals surface area contributed by atoms with Gasteiger partial charge in [-0.1, -0.05) is 17.7 Å². The average molecular weight is 251 g/mol. The van der Waals surface area contributed by atoms with Crippen LogP contribution in [0.15, 0.2) is 36.4 Å². The van der Waals surface area contributed by atoms with Crippen LogP contribution in [0.4, 0.5) is 21.5 Å². The minimum atomic E-state index is -0.456. The maximum atomic E-state index is 13.3. The fraction of sp³-hybridized carbons (Fsp3) is 0.0769. The Balaban J connectivity index is 2.31. The van der Waals surface area contributed by atoms with Gasteiger partial charge in [-0.05, 0) is 42.8 Å². The lowest BCUT2D eigenvalue weighted by Gasteiger charge is -2.10. The van der Waals surface area contributed by atoms with Gasteiger partial charge < -0.3 is 11.1 Å². The van der Waals surface area contributed by atoms with Gasteiger partial charge in [0.25, 0.3) is 0 Å². The Hall–Kier alpha value is -1.74. The maximum Gasteiger partial charge on any atom is 0.143 e. The molecule has 0 heterocycles. The molecule has 0 bridgehead atoms. The molecule has 2 nitrogen and oxygen atoms in total. The summed E-state index contributed by atoms with van der Waals surface area (Å²) in [5, 5.41) is 3.16. The van der Waals surface area contributed by atoms with E-state index in [0.717, 1.165) is 11.3 Å². The van der Waals surface area contributed by atoms with Crippen LogP contribution in [0, 0.1) is 12.7 Å². The molecule has 4 heteroatoms. The van der Waals surface area contributed by atoms with Crippen LogP contribution in [0.3, 0.4) is 0 Å². The predicted molar refractivity (Wildman–Crippen MR) is 70.3 cm³/mol. The van der Waals surface area contributed by atoms with E-state index in [-0.39, 0.29) is 5.02 Å². The number of rotatable bonds is 2. The van der Waals surface area contributed by atoms with E-state index in [1.54, 1.807) is 6.07 Å². The molecule has 0 aromatic heterocycles. The van der Waals surface area contributed by atoms with Crippen molar-refractivity contribution in [1.29, 1.82) is 0 Å². The highest BCUT2D eigenvalue weighted by atomic mass is 35.5. The summed E-state index contributed by atoms with van der Waals surface area (Å²) in [6.45, 7) is 1.97. The summed E-state index contributed by atoms with van der Waals surface area (Å²) in [6.07, 6.45) is 0. The Kier molecular flexibility index (Phi) is 3.20. The largest absolute Gasteiger partial charge is 0.397 e. The zero-order valence-electron chi connectivity index (χ0n) is 9.30. The second-order valence-corrected chi connectivity index (χ2v) is 4.25. The molecule has 88 valence electrons. The molecule has 3 N–H and O–H groups in total. The summed E-state index contributed by atoms with van der Waals surface area (Å²) in [7, 11) is 0. The standard InChI is InChI=1S/C13H12ClFN2/c1-8-2-5-12(16)13(6-8)17-9-3-4-10(14)11(15)7-9/h2-7,17H,16H2,1H3. The quantitative estimate of drug-likeness (QED) is 0.787. The Labute approximate surface area is 104 Å². The minimum Gasteiger partial charge on any atom is -0.397 e. The number of hydrogen-bond acceptors (Lipinski definition) is 2. The van der Waals surface area contributed by atoms with Gasteiger partial charge in [-0.2, -0.15) is 0 Å². The van der Waals surface area contributed by atoms with Crippen LogP contribution in [0.5, 0.6) is 0 Å². The molecular weight excluding hydrogens is 239 g/mol. The van der Waals surface area contributed by atoms with Crippen molar-refractivity contribution in [2.24, 2.45) is 0 Å². The third-order valence-corrected chi connectivity index (χ3v) is 2.71. The van der Waals surface area contributed by atoms with Gasteiger partial charge in [0.2, 0.25) is 0 Å². The second kappa shape index (κ2) is 4.63. The predicted octanol–water partition coefficient (Wildman–Crippen LogP) is 4.11. The molecule has 0 aliphatic heterocycles. The lowest BCUT2D eigenvalue weighted by molar-refractivity contribution is 0.629. The molecule has 2 aromatic rings. The fourth-order valence-electron chi connectivity index (χ4n) is 1.51. The first-order valence-electron chi connectivity index (χ1n) is 5.14. The molecule has 0 unspecified atom stereocenters. The fourth-order valence-corrected chi connectivity index (χ4v) is 1.63. The van der Waals surface area contributed by atoms with Crippen molar-refractivity contribution >= 4 is 28.7 Å². The van der Waals surface area contributed by atoms with Gasteiger partial charge in [0.05, 0.1) is 16.4 Å². The van der Waals surface area contributed by atoms with Crippen LogP contribution in [-0.2, 0) is 0 Å². The summed E-state index contributed by atoms with van der Waals surface area (Å²) in [4.78, 5) is 0. The van der Waals surface area contributed by atoms with Crippen LogP contribution in [0.2, 0.25) is 5.02 Å². The van der Waals surface area contributed by atoms with Crippen LogP contribution >= 0.6 is 11.6 Å². The number of benzene rings is 2. The first kappa shape index (κ1) is 11.7. The third kappa shape index (κ3) is 2.68. The van der Waals surface area contributed by atoms with E-state index in [1.807, 2.05) is 25.1 Å². The zero-order valence-corrected chi connectivity index (χ0v) is 10.1. The Morgan fingerprint density at radius 3 is 2.65 bits per heavy atom. The zero-order chi connectivity index (χ0) is 12.4. The van der Waals surface area contributed by atoms with Crippen molar-refractivity contribution in [3.05, 3.63) is 52.8 Å². The SMILES string of the molecule is Cc1ccc(N)c(Nc2ccc(Cl)c(F)c2)c1. The van der Waals surface area contributed by atoms with Gasteiger partial charge in [0.15, 0.2) is 0 Å². The number of nitrogens with two attached hydrogens (primary N) is 1. The van der Waals surface area contributed by atoms with E-state index < -0.39 is 5.82 Å². The molecule has 0 radical (unpaired) electrons. The number of anilines is 3. The molecule has 0 fully saturated rings. The molecule has 17 heavy (non-hydrogen) atoms. The Bertz CT molecular complexity index is 555. The van der Waals surface area contributed by atoms with E-state index >= 15 is 0 Å². The van der Waals surface area contributed by atoms with Gasteiger partial charge in [-0.15, -0.1) is 0 Å². The molecule has 2 rings (SSSR count). The van der Waals surface area contributed by atoms with E-state index in [2.05, 4.69) is 5.32 Å². The van der Waals surface area contributed by atoms with Crippen molar-refractivity contribution < 1.29 is 4.39 Å². The monoisotopic (exact) mass is 250 g/mol. The number of halogens is 2. The molecule has 0 aliphatic carbocycles. The van der Waals surface area contributed by atoms with Crippen molar-refractivity contribution in [2.45, 2.75) is 6.92 Å². The summed E-state index contributed by atoms with van der Waals surface area (Å²) < 4.78 is 13.3. The van der Waals surface area contributed by atoms with Gasteiger partial charge in [-0.3, -0.25) is 0 Å². The summed E-state index contributed by atoms with van der Waals surface area (Å²) in [6, 6.07) is 10.2. The normalized spacial score (nSPS) is 10.3. The highest BCUT2D eigenvalue weighted by molar-refractivity contribution is 6.30. The molecular formula is C13H12ClFN2. The lowest BCUT2D eigenvalue weighted by Crippen LogP contribution is -1.97. The Morgan fingerprint density at radius 1 is 1.18 bits per heavy atom. The van der Waals surface area contributed by atoms with Crippen molar-refractivity contribution in [1.82, 2.24) is 0 Å². The van der Waals surface area contributed by atoms with Crippen LogP contribution in [0.25, 0.3) is 0 Å². The van der Waals surface area contributed by atoms with Gasteiger partial charge in [0, 0.05) is 5.69 Å². The van der Waals surface area contributed by atoms with Crippen molar-refractivity contribution in [3.8, 4) is 0 Å². The van der Waals surface area contributed by atoms with E-state index in [4.69, 9.17) is 17.3 Å². The van der Waals surface area contributed by atoms with Crippen molar-refractivity contribution in [2.75, 3.05) is 11.1 Å². The molecule has 2 aromatic carbocycles. The summed E-state index contributed by atoms with van der Waals surface area (Å²) >= 11 is 5.61. The number of hydrogen-bond donors (Lipinski definition) is 2. The molecule has 0 saturated heterocycles. The first-order chi connectivity index (χ1) is 8.06. The molecule has 0 saturated carbocycles. The van der Waals surface area contributed by atoms with Gasteiger partial charge >= 0.3 is 0 Å². The topological polar surface area (TPSA) is 38.0 Å². The highest BCUT2D eigenvalue weighted by Gasteiger charge is 2.03. The molecule has 0 spiro atoms. The van der Waals surface area contributed by atoms with Crippen LogP contribution in [-0.4, -0.2) is 0 Å². The van der Waals surface area contributed by atoms with Crippen molar-refractivity contribution in [3.63, 3.8) is 0 Å². The molecule has 0 atom stereocenters. The first-order valence-corrected chi connectivity index (χ1v) is 5.52. The van der Waals surface area contributed by atoms with E-state index in [1.165, 1.54) is 12.1 Å². The molecule has 0 aliphatic rings. The van der Waals surface area contributed by atoms with E-state index in [9.17, 15) is 4.39 Å². The summed E-state index contributed by atoms with van der Waals surface area (Å²) in [5.74, 6) is -0.456. The second-order valence-electron chi connectivity index (χ2n) is 3.84. The highest BCUT2D eigenvalue weighted by Crippen LogP contribution is 2.26. The third-order valence-electron chi connectivity index (χ3n) is 2.41. The number of aryl methyl sites for hydroxylation is 1. The smallest absolute Gasteiger partial charge is 0.143 e. The van der Waals surface area contributed by atoms with Crippen LogP contribution < -0.4 is 11.1 Å². The van der Waals surface area contributed by atoms with Crippen LogP contribution in [0.1, 0.15) is 5.56 Å². The average Bonchev–Trinajstić information content (AvgIpc) is 2.29. The molecule has 0 amide bonds. The Morgan fingerprint density at radius 2 is 1.94 bits per heavy atom. The number of nitrogens with one attached hydrogen (secondary N) is 1. The number of nitrogen functional groups attached to an aromatic ring is 1. The summed E-state index contributed by atoms with van der Waals surface area (Å²) in [5.41, 5.74) is 8.89. The lowest BCUT2D eigenvalue weighted by atomic mass is 10.2. The maximum absolute atomic E-state index is 13.3.